The Balaban J connectivity index is 1.77. The van der Waals surface area contributed by atoms with Crippen molar-refractivity contribution in [3.63, 3.8) is 0 Å². The van der Waals surface area contributed by atoms with Crippen molar-refractivity contribution in [2.45, 2.75) is 44.1 Å². The molecule has 1 saturated heterocycles. The highest BCUT2D eigenvalue weighted by Crippen LogP contribution is 2.53. The van der Waals surface area contributed by atoms with Crippen LogP contribution in [0.2, 0.25) is 0 Å². The summed E-state index contributed by atoms with van der Waals surface area (Å²) in [5.74, 6) is -0.0439. The lowest BCUT2D eigenvalue weighted by atomic mass is 9.93. The van der Waals surface area contributed by atoms with Crippen molar-refractivity contribution in [3.8, 4) is 5.75 Å². The van der Waals surface area contributed by atoms with Gasteiger partial charge in [-0.15, -0.1) is 0 Å². The number of para-hydroxylation sites is 1. The van der Waals surface area contributed by atoms with Gasteiger partial charge in [-0.2, -0.15) is 0 Å². The maximum atomic E-state index is 13.2. The molecule has 0 saturated carbocycles. The van der Waals surface area contributed by atoms with Crippen LogP contribution in [0.5, 0.6) is 5.75 Å². The number of carbonyl (C=O) groups is 1. The number of hydrogen-bond acceptors (Lipinski definition) is 5. The second kappa shape index (κ2) is 5.72. The molecule has 8 heteroatoms. The Bertz CT molecular complexity index is 1770. The van der Waals surface area contributed by atoms with Crippen LogP contribution >= 0.6 is 0 Å². The van der Waals surface area contributed by atoms with Gasteiger partial charge in [-0.1, -0.05) is 18.2 Å². The van der Waals surface area contributed by atoms with Crippen molar-refractivity contribution in [1.82, 2.24) is 14.5 Å². The smallest absolute Gasteiger partial charge is 0.252 e. The average molecular weight is 455 g/mol. The Hall–Kier alpha value is -3.59. The first kappa shape index (κ1) is 18.8. The van der Waals surface area contributed by atoms with Crippen LogP contribution in [0.15, 0.2) is 42.5 Å². The predicted molar refractivity (Wildman–Crippen MR) is 126 cm³/mol. The van der Waals surface area contributed by atoms with Gasteiger partial charge in [0, 0.05) is 34.5 Å². The molecule has 4 unspecified atom stereocenters. The Morgan fingerprint density at radius 3 is 2.76 bits per heavy atom. The van der Waals surface area contributed by atoms with E-state index in [1.54, 1.807) is 19.1 Å². The molecule has 1 amide bonds. The summed E-state index contributed by atoms with van der Waals surface area (Å²) in [4.78, 5) is 13.2. The van der Waals surface area contributed by atoms with Crippen molar-refractivity contribution >= 4 is 49.5 Å². The number of benzene rings is 3. The van der Waals surface area contributed by atoms with Crippen LogP contribution in [-0.2, 0) is 17.0 Å². The van der Waals surface area contributed by atoms with E-state index in [4.69, 9.17) is 4.74 Å². The number of rotatable bonds is 0. The number of aromatic hydroxyl groups is 1. The molecule has 170 valence electrons. The molecule has 8 rings (SSSR count). The van der Waals surface area contributed by atoms with Gasteiger partial charge < -0.3 is 34.5 Å². The summed E-state index contributed by atoms with van der Waals surface area (Å²) >= 11 is 0. The molecule has 3 aliphatic heterocycles. The quantitative estimate of drug-likeness (QED) is 0.287. The zero-order valence-electron chi connectivity index (χ0n) is 18.2. The molecule has 34 heavy (non-hydrogen) atoms. The van der Waals surface area contributed by atoms with Gasteiger partial charge in [0.2, 0.25) is 0 Å². The predicted octanol–water partition coefficient (Wildman–Crippen LogP) is 3.18. The third kappa shape index (κ3) is 1.89. The van der Waals surface area contributed by atoms with Crippen molar-refractivity contribution in [2.75, 3.05) is 0 Å². The van der Waals surface area contributed by atoms with Crippen LogP contribution < -0.4 is 5.32 Å². The minimum absolute atomic E-state index is 0.112. The van der Waals surface area contributed by atoms with E-state index in [1.807, 2.05) is 39.5 Å². The van der Waals surface area contributed by atoms with Crippen LogP contribution in [0.4, 0.5) is 0 Å². The minimum Gasteiger partial charge on any atom is -0.508 e. The Morgan fingerprint density at radius 1 is 1.09 bits per heavy atom. The minimum atomic E-state index is -1.61. The highest BCUT2D eigenvalue weighted by molar-refractivity contribution is 6.31. The van der Waals surface area contributed by atoms with Crippen LogP contribution in [0.1, 0.15) is 35.5 Å². The van der Waals surface area contributed by atoms with Crippen LogP contribution in [0.25, 0.3) is 43.6 Å². The normalized spacial score (nSPS) is 27.7. The van der Waals surface area contributed by atoms with Gasteiger partial charge in [0.1, 0.15) is 18.1 Å². The number of phenols is 1. The molecule has 8 nitrogen and oxygen atoms in total. The summed E-state index contributed by atoms with van der Waals surface area (Å²) in [6.07, 6.45) is -2.21. The molecule has 5 heterocycles. The molecule has 2 aromatic heterocycles. The molecular weight excluding hydrogens is 434 g/mol. The molecular formula is C26H21N3O5. The van der Waals surface area contributed by atoms with Gasteiger partial charge in [-0.25, -0.2) is 0 Å². The molecule has 4 atom stereocenters. The third-order valence-electron chi connectivity index (χ3n) is 8.03. The zero-order valence-corrected chi connectivity index (χ0v) is 18.2. The van der Waals surface area contributed by atoms with Crippen molar-refractivity contribution in [3.05, 3.63) is 53.6 Å². The number of fused-ring (bicyclic) bond motifs is 13. The average Bonchev–Trinajstić information content (AvgIpc) is 3.44. The maximum Gasteiger partial charge on any atom is 0.252 e. The molecule has 0 radical (unpaired) electrons. The molecule has 1 fully saturated rings. The summed E-state index contributed by atoms with van der Waals surface area (Å²) < 4.78 is 10.2. The molecule has 3 aliphatic rings. The number of aromatic nitrogens is 2. The van der Waals surface area contributed by atoms with Crippen LogP contribution in [0.3, 0.4) is 0 Å². The highest BCUT2D eigenvalue weighted by Gasteiger charge is 2.52. The number of phenolic OH excluding ortho intramolecular Hbond substituents is 1. The number of aliphatic hydroxyl groups excluding tert-OH is 1. The number of nitrogens with zero attached hydrogens (tertiary/aromatic N) is 2. The van der Waals surface area contributed by atoms with Gasteiger partial charge in [-0.3, -0.25) is 4.79 Å². The Kier molecular flexibility index (Phi) is 3.16. The summed E-state index contributed by atoms with van der Waals surface area (Å²) in [6, 6.07) is 12.9. The van der Waals surface area contributed by atoms with E-state index in [0.29, 0.717) is 12.1 Å². The zero-order chi connectivity index (χ0) is 23.1. The molecule has 3 aromatic carbocycles. The highest BCUT2D eigenvalue weighted by atomic mass is 16.5. The number of aliphatic hydroxyl groups is 2. The van der Waals surface area contributed by atoms with Crippen LogP contribution in [-0.4, -0.2) is 42.6 Å². The van der Waals surface area contributed by atoms with Gasteiger partial charge in [0.15, 0.2) is 5.72 Å². The van der Waals surface area contributed by atoms with E-state index in [0.717, 1.165) is 49.2 Å². The lowest BCUT2D eigenvalue weighted by Crippen LogP contribution is -2.55. The summed E-state index contributed by atoms with van der Waals surface area (Å²) in [5, 5.41) is 40.1. The fraction of sp³-hybridized carbons (Fsp3) is 0.269. The Labute approximate surface area is 192 Å². The number of hydrogen-bond donors (Lipinski definition) is 4. The molecule has 0 spiro atoms. The molecule has 0 aliphatic carbocycles. The standard InChI is InChI=1S/C26H21N3O5/c1-11-24(31)26(33)9-18(34-11)28-16-7-6-12(30)8-14(16)20-21-15(10-27-25(21)32)19-13-4-2-3-5-17(13)29(26)23(19)22(20)28/h2-8,11,18,24,30-31,33H,9-10H2,1H3,(H,27,32). The van der Waals surface area contributed by atoms with Gasteiger partial charge in [0.05, 0.1) is 33.7 Å². The summed E-state index contributed by atoms with van der Waals surface area (Å²) in [6.45, 7) is 2.14. The van der Waals surface area contributed by atoms with Crippen molar-refractivity contribution < 1.29 is 24.9 Å². The number of carbonyl (C=O) groups excluding carboxylic acids is 1. The van der Waals surface area contributed by atoms with Gasteiger partial charge >= 0.3 is 0 Å². The van der Waals surface area contributed by atoms with E-state index < -0.39 is 24.2 Å². The Morgan fingerprint density at radius 2 is 1.91 bits per heavy atom. The number of amides is 1. The monoisotopic (exact) mass is 455 g/mol. The van der Waals surface area contributed by atoms with Gasteiger partial charge in [-0.05, 0) is 36.8 Å². The topological polar surface area (TPSA) is 109 Å². The third-order valence-corrected chi connectivity index (χ3v) is 8.03. The van der Waals surface area contributed by atoms with E-state index in [2.05, 4.69) is 5.32 Å². The fourth-order valence-corrected chi connectivity index (χ4v) is 6.72. The first-order chi connectivity index (χ1) is 16.4. The van der Waals surface area contributed by atoms with E-state index in [-0.39, 0.29) is 18.1 Å². The first-order valence-corrected chi connectivity index (χ1v) is 11.5. The van der Waals surface area contributed by atoms with Crippen LogP contribution in [0, 0.1) is 0 Å². The largest absolute Gasteiger partial charge is 0.508 e. The maximum absolute atomic E-state index is 13.2. The molecule has 5 aromatic rings. The van der Waals surface area contributed by atoms with E-state index >= 15 is 0 Å². The molecule has 2 bridgehead atoms. The number of nitrogens with one attached hydrogen (secondary N) is 1. The lowest BCUT2D eigenvalue weighted by molar-refractivity contribution is -0.257. The SMILES string of the molecule is CC1OC2CC(O)(C1O)n1c3ccccc3c3c4c(c5c6cc(O)ccc6n2c5c31)C(=O)NC4. The fourth-order valence-electron chi connectivity index (χ4n) is 6.72. The second-order valence-corrected chi connectivity index (χ2v) is 9.73. The first-order valence-electron chi connectivity index (χ1n) is 11.5. The summed E-state index contributed by atoms with van der Waals surface area (Å²) in [7, 11) is 0. The summed E-state index contributed by atoms with van der Waals surface area (Å²) in [5.41, 5.74) is 2.99. The molecule has 4 N–H and O–H groups in total. The van der Waals surface area contributed by atoms with Crippen molar-refractivity contribution in [2.24, 2.45) is 0 Å². The van der Waals surface area contributed by atoms with Crippen molar-refractivity contribution in [1.29, 1.82) is 0 Å². The van der Waals surface area contributed by atoms with E-state index in [1.165, 1.54) is 0 Å². The lowest BCUT2D eigenvalue weighted by Gasteiger charge is -2.44. The van der Waals surface area contributed by atoms with Gasteiger partial charge in [0.25, 0.3) is 5.91 Å². The number of ether oxygens (including phenoxy) is 1. The van der Waals surface area contributed by atoms with E-state index in [9.17, 15) is 20.1 Å². The second-order valence-electron chi connectivity index (χ2n) is 9.73.